The van der Waals surface area contributed by atoms with Crippen molar-refractivity contribution in [3.63, 3.8) is 0 Å². The minimum atomic E-state index is -0.833. The SMILES string of the molecule is CNC(CCC1OCCO1)C(=O)O. The predicted octanol–water partition coefficient (Wildman–Crippen LogP) is -0.188. The molecule has 0 amide bonds. The fourth-order valence-electron chi connectivity index (χ4n) is 1.27. The van der Waals surface area contributed by atoms with Gasteiger partial charge < -0.3 is 19.9 Å². The first-order chi connectivity index (χ1) is 6.24. The lowest BCUT2D eigenvalue weighted by molar-refractivity contribution is -0.140. The summed E-state index contributed by atoms with van der Waals surface area (Å²) in [7, 11) is 1.63. The third kappa shape index (κ3) is 3.30. The van der Waals surface area contributed by atoms with Crippen molar-refractivity contribution >= 4 is 5.97 Å². The Bertz CT molecular complexity index is 168. The van der Waals surface area contributed by atoms with Crippen molar-refractivity contribution in [2.45, 2.75) is 25.2 Å². The summed E-state index contributed by atoms with van der Waals surface area (Å²) in [6, 6.07) is -0.507. The number of carbonyl (C=O) groups is 1. The molecule has 0 spiro atoms. The molecule has 1 saturated heterocycles. The number of hydrogen-bond acceptors (Lipinski definition) is 4. The van der Waals surface area contributed by atoms with E-state index in [1.807, 2.05) is 0 Å². The van der Waals surface area contributed by atoms with E-state index in [1.165, 1.54) is 0 Å². The molecule has 0 saturated carbocycles. The van der Waals surface area contributed by atoms with Gasteiger partial charge in [0.05, 0.1) is 13.2 Å². The van der Waals surface area contributed by atoms with Crippen LogP contribution in [0.5, 0.6) is 0 Å². The molecule has 0 aromatic heterocycles. The first-order valence-electron chi connectivity index (χ1n) is 4.37. The van der Waals surface area contributed by atoms with E-state index in [-0.39, 0.29) is 6.29 Å². The summed E-state index contributed by atoms with van der Waals surface area (Å²) in [6.07, 6.45) is 0.934. The summed E-state index contributed by atoms with van der Waals surface area (Å²) in [5.41, 5.74) is 0. The Kier molecular flexibility index (Phi) is 4.14. The molecule has 0 aliphatic carbocycles. The monoisotopic (exact) mass is 189 g/mol. The summed E-state index contributed by atoms with van der Waals surface area (Å²) in [4.78, 5) is 10.6. The molecular formula is C8H15NO4. The van der Waals surface area contributed by atoms with Gasteiger partial charge in [0, 0.05) is 6.42 Å². The summed E-state index contributed by atoms with van der Waals surface area (Å²) >= 11 is 0. The second kappa shape index (κ2) is 5.16. The van der Waals surface area contributed by atoms with E-state index in [9.17, 15) is 4.79 Å². The predicted molar refractivity (Wildman–Crippen MR) is 45.4 cm³/mol. The molecule has 13 heavy (non-hydrogen) atoms. The number of carboxylic acid groups (broad SMARTS) is 1. The standard InChI is InChI=1S/C8H15NO4/c1-9-6(8(10)11)2-3-7-12-4-5-13-7/h6-7,9H,2-5H2,1H3,(H,10,11). The Morgan fingerprint density at radius 2 is 2.23 bits per heavy atom. The molecule has 5 nitrogen and oxygen atoms in total. The average molecular weight is 189 g/mol. The highest BCUT2D eigenvalue weighted by molar-refractivity contribution is 5.73. The van der Waals surface area contributed by atoms with Crippen LogP contribution in [0.15, 0.2) is 0 Å². The van der Waals surface area contributed by atoms with Gasteiger partial charge in [-0.2, -0.15) is 0 Å². The van der Waals surface area contributed by atoms with Crippen LogP contribution < -0.4 is 5.32 Å². The Morgan fingerprint density at radius 3 is 2.69 bits per heavy atom. The molecule has 1 aliphatic heterocycles. The van der Waals surface area contributed by atoms with Gasteiger partial charge in [-0.15, -0.1) is 0 Å². The Morgan fingerprint density at radius 1 is 1.62 bits per heavy atom. The highest BCUT2D eigenvalue weighted by Crippen LogP contribution is 2.11. The second-order valence-electron chi connectivity index (χ2n) is 2.93. The van der Waals surface area contributed by atoms with Crippen LogP contribution in [0.3, 0.4) is 0 Å². The summed E-state index contributed by atoms with van der Waals surface area (Å²) in [6.45, 7) is 1.23. The zero-order chi connectivity index (χ0) is 9.68. The van der Waals surface area contributed by atoms with Crippen molar-refractivity contribution in [2.24, 2.45) is 0 Å². The molecular weight excluding hydrogens is 174 g/mol. The quantitative estimate of drug-likeness (QED) is 0.627. The van der Waals surface area contributed by atoms with Crippen LogP contribution in [0, 0.1) is 0 Å². The van der Waals surface area contributed by atoms with E-state index in [0.29, 0.717) is 26.1 Å². The third-order valence-corrected chi connectivity index (χ3v) is 2.03. The van der Waals surface area contributed by atoms with Crippen LogP contribution >= 0.6 is 0 Å². The normalized spacial score (nSPS) is 20.4. The van der Waals surface area contributed by atoms with Crippen molar-refractivity contribution in [1.29, 1.82) is 0 Å². The molecule has 0 aromatic rings. The smallest absolute Gasteiger partial charge is 0.320 e. The largest absolute Gasteiger partial charge is 0.480 e. The van der Waals surface area contributed by atoms with Crippen molar-refractivity contribution in [1.82, 2.24) is 5.32 Å². The molecule has 1 heterocycles. The average Bonchev–Trinajstić information content (AvgIpc) is 2.57. The first-order valence-corrected chi connectivity index (χ1v) is 4.37. The van der Waals surface area contributed by atoms with Crippen molar-refractivity contribution in [3.8, 4) is 0 Å². The maximum atomic E-state index is 10.6. The van der Waals surface area contributed by atoms with E-state index in [0.717, 1.165) is 0 Å². The Hall–Kier alpha value is -0.650. The van der Waals surface area contributed by atoms with Gasteiger partial charge in [-0.1, -0.05) is 0 Å². The van der Waals surface area contributed by atoms with E-state index in [1.54, 1.807) is 7.05 Å². The second-order valence-corrected chi connectivity index (χ2v) is 2.93. The summed E-state index contributed by atoms with van der Waals surface area (Å²) in [5.74, 6) is -0.833. The van der Waals surface area contributed by atoms with Gasteiger partial charge >= 0.3 is 5.97 Å². The molecule has 1 atom stereocenters. The number of likely N-dealkylation sites (N-methyl/N-ethyl adjacent to an activating group) is 1. The van der Waals surface area contributed by atoms with Gasteiger partial charge in [0.1, 0.15) is 6.04 Å². The van der Waals surface area contributed by atoms with Crippen LogP contribution in [0.25, 0.3) is 0 Å². The maximum Gasteiger partial charge on any atom is 0.320 e. The fraction of sp³-hybridized carbons (Fsp3) is 0.875. The van der Waals surface area contributed by atoms with Crippen molar-refractivity contribution in [2.75, 3.05) is 20.3 Å². The van der Waals surface area contributed by atoms with Gasteiger partial charge in [-0.05, 0) is 13.5 Å². The third-order valence-electron chi connectivity index (χ3n) is 2.03. The molecule has 1 unspecified atom stereocenters. The number of aliphatic carboxylic acids is 1. The van der Waals surface area contributed by atoms with E-state index in [2.05, 4.69) is 5.32 Å². The van der Waals surface area contributed by atoms with Gasteiger partial charge in [0.25, 0.3) is 0 Å². The highest BCUT2D eigenvalue weighted by atomic mass is 16.7. The lowest BCUT2D eigenvalue weighted by Crippen LogP contribution is -2.34. The Labute approximate surface area is 77.0 Å². The van der Waals surface area contributed by atoms with Crippen LogP contribution in [-0.2, 0) is 14.3 Å². The van der Waals surface area contributed by atoms with Crippen LogP contribution in [0.2, 0.25) is 0 Å². The Balaban J connectivity index is 2.18. The zero-order valence-electron chi connectivity index (χ0n) is 7.66. The molecule has 2 N–H and O–H groups in total. The lowest BCUT2D eigenvalue weighted by atomic mass is 10.1. The highest BCUT2D eigenvalue weighted by Gasteiger charge is 2.20. The number of carboxylic acids is 1. The molecule has 76 valence electrons. The van der Waals surface area contributed by atoms with Crippen LogP contribution in [0.4, 0.5) is 0 Å². The van der Waals surface area contributed by atoms with Gasteiger partial charge in [0.2, 0.25) is 0 Å². The summed E-state index contributed by atoms with van der Waals surface area (Å²) in [5, 5.41) is 11.4. The molecule has 5 heteroatoms. The van der Waals surface area contributed by atoms with Crippen molar-refractivity contribution in [3.05, 3.63) is 0 Å². The number of nitrogens with one attached hydrogen (secondary N) is 1. The lowest BCUT2D eigenvalue weighted by Gasteiger charge is -2.13. The topological polar surface area (TPSA) is 67.8 Å². The summed E-state index contributed by atoms with van der Waals surface area (Å²) < 4.78 is 10.4. The van der Waals surface area contributed by atoms with Crippen LogP contribution in [0.1, 0.15) is 12.8 Å². The van der Waals surface area contributed by atoms with E-state index in [4.69, 9.17) is 14.6 Å². The minimum Gasteiger partial charge on any atom is -0.480 e. The molecule has 1 fully saturated rings. The number of ether oxygens (including phenoxy) is 2. The molecule has 0 radical (unpaired) electrons. The number of hydrogen-bond donors (Lipinski definition) is 2. The molecule has 1 rings (SSSR count). The first kappa shape index (κ1) is 10.4. The van der Waals surface area contributed by atoms with Gasteiger partial charge in [0.15, 0.2) is 6.29 Å². The zero-order valence-corrected chi connectivity index (χ0v) is 7.66. The van der Waals surface area contributed by atoms with Crippen LogP contribution in [-0.4, -0.2) is 43.7 Å². The molecule has 0 aromatic carbocycles. The minimum absolute atomic E-state index is 0.213. The van der Waals surface area contributed by atoms with Gasteiger partial charge in [-0.3, -0.25) is 4.79 Å². The molecule has 0 bridgehead atoms. The molecule has 1 aliphatic rings. The van der Waals surface area contributed by atoms with E-state index >= 15 is 0 Å². The van der Waals surface area contributed by atoms with Crippen molar-refractivity contribution < 1.29 is 19.4 Å². The fourth-order valence-corrected chi connectivity index (χ4v) is 1.27. The maximum absolute atomic E-state index is 10.6. The van der Waals surface area contributed by atoms with Gasteiger partial charge in [-0.25, -0.2) is 0 Å². The number of rotatable bonds is 5. The van der Waals surface area contributed by atoms with E-state index < -0.39 is 12.0 Å².